The molecule has 0 saturated heterocycles. The van der Waals surface area contributed by atoms with Crippen molar-refractivity contribution in [2.45, 2.75) is 38.6 Å². The third kappa shape index (κ3) is 2.86. The lowest BCUT2D eigenvalue weighted by Crippen LogP contribution is -2.30. The molecule has 4 atom stereocenters. The molecule has 2 bridgehead atoms. The second kappa shape index (κ2) is 5.84. The number of nitrogens with one attached hydrogen (secondary N) is 1. The number of hydrogen-bond acceptors (Lipinski definition) is 3. The highest BCUT2D eigenvalue weighted by atomic mass is 32.1. The minimum atomic E-state index is 0.431. The van der Waals surface area contributed by atoms with Gasteiger partial charge in [0, 0.05) is 23.4 Å². The molecule has 0 aliphatic heterocycles. The van der Waals surface area contributed by atoms with Crippen LogP contribution in [0.3, 0.4) is 0 Å². The summed E-state index contributed by atoms with van der Waals surface area (Å²) in [7, 11) is 1.68. The first kappa shape index (κ1) is 14.6. The van der Waals surface area contributed by atoms with Crippen LogP contribution in [0.15, 0.2) is 18.2 Å². The molecule has 3 N–H and O–H groups in total. The molecule has 0 spiro atoms. The number of benzene rings is 1. The monoisotopic (exact) mass is 304 g/mol. The van der Waals surface area contributed by atoms with Gasteiger partial charge in [0.25, 0.3) is 0 Å². The van der Waals surface area contributed by atoms with E-state index >= 15 is 0 Å². The Bertz CT molecular complexity index is 546. The molecule has 0 aromatic heterocycles. The summed E-state index contributed by atoms with van der Waals surface area (Å²) in [4.78, 5) is 0.431. The summed E-state index contributed by atoms with van der Waals surface area (Å²) in [6, 6.07) is 6.29. The number of hydrogen-bond donors (Lipinski definition) is 2. The van der Waals surface area contributed by atoms with E-state index in [4.69, 9.17) is 22.7 Å². The number of fused-ring (bicyclic) bond motifs is 2. The lowest BCUT2D eigenvalue weighted by molar-refractivity contribution is 0.304. The van der Waals surface area contributed by atoms with Crippen LogP contribution in [0.25, 0.3) is 0 Å². The van der Waals surface area contributed by atoms with Crippen LogP contribution in [-0.4, -0.2) is 18.1 Å². The normalized spacial score (nSPS) is 28.4. The van der Waals surface area contributed by atoms with E-state index in [0.29, 0.717) is 11.0 Å². The largest absolute Gasteiger partial charge is 0.497 e. The Kier molecular flexibility index (Phi) is 4.07. The van der Waals surface area contributed by atoms with Crippen molar-refractivity contribution in [2.24, 2.45) is 23.5 Å². The summed E-state index contributed by atoms with van der Waals surface area (Å²) in [5, 5.41) is 3.65. The van der Waals surface area contributed by atoms with Gasteiger partial charge in [-0.25, -0.2) is 0 Å². The van der Waals surface area contributed by atoms with E-state index in [1.165, 1.54) is 25.7 Å². The first-order chi connectivity index (χ1) is 10.1. The van der Waals surface area contributed by atoms with E-state index in [-0.39, 0.29) is 0 Å². The smallest absolute Gasteiger partial charge is 0.120 e. The molecular weight excluding hydrogens is 280 g/mol. The predicted molar refractivity (Wildman–Crippen MR) is 90.9 cm³/mol. The van der Waals surface area contributed by atoms with Crippen LogP contribution in [0.1, 0.15) is 38.2 Å². The molecule has 2 fully saturated rings. The zero-order valence-electron chi connectivity index (χ0n) is 12.8. The number of rotatable bonds is 5. The fourth-order valence-electron chi connectivity index (χ4n) is 4.24. The molecule has 4 unspecified atom stereocenters. The number of anilines is 1. The zero-order valence-corrected chi connectivity index (χ0v) is 13.6. The highest BCUT2D eigenvalue weighted by molar-refractivity contribution is 7.80. The summed E-state index contributed by atoms with van der Waals surface area (Å²) in [6.45, 7) is 2.29. The Morgan fingerprint density at radius 2 is 2.19 bits per heavy atom. The van der Waals surface area contributed by atoms with Crippen molar-refractivity contribution in [2.75, 3.05) is 12.4 Å². The fraction of sp³-hybridized carbons (Fsp3) is 0.588. The Morgan fingerprint density at radius 1 is 1.38 bits per heavy atom. The van der Waals surface area contributed by atoms with Gasteiger partial charge >= 0.3 is 0 Å². The van der Waals surface area contributed by atoms with E-state index in [2.05, 4.69) is 12.2 Å². The number of ether oxygens (including phenoxy) is 1. The van der Waals surface area contributed by atoms with Crippen LogP contribution >= 0.6 is 12.2 Å². The van der Waals surface area contributed by atoms with Crippen LogP contribution in [0, 0.1) is 17.8 Å². The maximum Gasteiger partial charge on any atom is 0.120 e. The maximum atomic E-state index is 5.85. The van der Waals surface area contributed by atoms with E-state index in [0.717, 1.165) is 34.8 Å². The molecule has 0 radical (unpaired) electrons. The Hall–Kier alpha value is -1.29. The topological polar surface area (TPSA) is 47.3 Å². The van der Waals surface area contributed by atoms with E-state index < -0.39 is 0 Å². The second-order valence-corrected chi connectivity index (χ2v) is 6.99. The maximum absolute atomic E-state index is 5.85. The lowest BCUT2D eigenvalue weighted by atomic mass is 9.84. The van der Waals surface area contributed by atoms with Crippen LogP contribution < -0.4 is 15.8 Å². The van der Waals surface area contributed by atoms with E-state index in [1.807, 2.05) is 18.2 Å². The first-order valence-electron chi connectivity index (χ1n) is 7.83. The summed E-state index contributed by atoms with van der Waals surface area (Å²) in [5.41, 5.74) is 7.75. The van der Waals surface area contributed by atoms with Crippen molar-refractivity contribution in [1.29, 1.82) is 0 Å². The molecule has 2 aliphatic carbocycles. The van der Waals surface area contributed by atoms with Crippen molar-refractivity contribution in [1.82, 2.24) is 0 Å². The third-order valence-corrected chi connectivity index (χ3v) is 5.53. The zero-order chi connectivity index (χ0) is 15.0. The minimum absolute atomic E-state index is 0.431. The molecule has 4 heteroatoms. The Morgan fingerprint density at radius 3 is 2.76 bits per heavy atom. The summed E-state index contributed by atoms with van der Waals surface area (Å²) in [5.74, 6) is 3.47. The van der Waals surface area contributed by atoms with Crippen LogP contribution in [-0.2, 0) is 0 Å². The molecule has 1 aromatic rings. The molecule has 21 heavy (non-hydrogen) atoms. The molecule has 3 rings (SSSR count). The van der Waals surface area contributed by atoms with Gasteiger partial charge in [0.2, 0.25) is 0 Å². The van der Waals surface area contributed by atoms with Gasteiger partial charge in [0.05, 0.1) is 7.11 Å². The number of thiocarbonyl (C=S) groups is 1. The van der Waals surface area contributed by atoms with Crippen LogP contribution in [0.5, 0.6) is 5.75 Å². The third-order valence-electron chi connectivity index (χ3n) is 5.31. The van der Waals surface area contributed by atoms with E-state index in [9.17, 15) is 0 Å². The van der Waals surface area contributed by atoms with Crippen LogP contribution in [0.2, 0.25) is 0 Å². The van der Waals surface area contributed by atoms with Crippen molar-refractivity contribution in [3.63, 3.8) is 0 Å². The SMILES string of the molecule is COc1ccc(C(N)=S)c(NC(C)C2CC3CCC2C3)c1. The fourth-order valence-corrected chi connectivity index (χ4v) is 4.42. The minimum Gasteiger partial charge on any atom is -0.497 e. The molecule has 0 amide bonds. The number of methoxy groups -OCH3 is 1. The molecule has 114 valence electrons. The average molecular weight is 304 g/mol. The van der Waals surface area contributed by atoms with Gasteiger partial charge in [0.1, 0.15) is 10.7 Å². The van der Waals surface area contributed by atoms with Gasteiger partial charge in [-0.05, 0) is 56.1 Å². The number of nitrogens with two attached hydrogens (primary N) is 1. The van der Waals surface area contributed by atoms with Gasteiger partial charge in [-0.15, -0.1) is 0 Å². The van der Waals surface area contributed by atoms with Crippen molar-refractivity contribution in [3.8, 4) is 5.75 Å². The van der Waals surface area contributed by atoms with Crippen LogP contribution in [0.4, 0.5) is 5.69 Å². The van der Waals surface area contributed by atoms with Gasteiger partial charge in [-0.1, -0.05) is 18.6 Å². The molecular formula is C17H24N2OS. The average Bonchev–Trinajstić information content (AvgIpc) is 3.09. The molecule has 0 heterocycles. The molecule has 2 aliphatic rings. The first-order valence-corrected chi connectivity index (χ1v) is 8.23. The summed E-state index contributed by atoms with van der Waals surface area (Å²) >= 11 is 5.17. The molecule has 1 aromatic carbocycles. The van der Waals surface area contributed by atoms with Gasteiger partial charge in [-0.2, -0.15) is 0 Å². The van der Waals surface area contributed by atoms with Crippen molar-refractivity contribution >= 4 is 22.9 Å². The van der Waals surface area contributed by atoms with Gasteiger partial charge < -0.3 is 15.8 Å². The Labute approximate surface area is 132 Å². The quantitative estimate of drug-likeness (QED) is 0.817. The summed E-state index contributed by atoms with van der Waals surface area (Å²) < 4.78 is 5.32. The second-order valence-electron chi connectivity index (χ2n) is 6.55. The van der Waals surface area contributed by atoms with Gasteiger partial charge in [0.15, 0.2) is 0 Å². The standard InChI is InChI=1S/C17H24N2OS/c1-10(15-8-11-3-4-12(15)7-11)19-16-9-13(20-2)5-6-14(16)17(18)21/h5-6,9-12,15,19H,3-4,7-8H2,1-2H3,(H2,18,21). The predicted octanol–water partition coefficient (Wildman–Crippen LogP) is 3.57. The summed E-state index contributed by atoms with van der Waals surface area (Å²) in [6.07, 6.45) is 5.63. The molecule has 2 saturated carbocycles. The highest BCUT2D eigenvalue weighted by Crippen LogP contribution is 2.50. The van der Waals surface area contributed by atoms with Gasteiger partial charge in [-0.3, -0.25) is 0 Å². The van der Waals surface area contributed by atoms with E-state index in [1.54, 1.807) is 7.11 Å². The Balaban J connectivity index is 1.78. The highest BCUT2D eigenvalue weighted by Gasteiger charge is 2.41. The molecule has 3 nitrogen and oxygen atoms in total. The van der Waals surface area contributed by atoms with Crippen molar-refractivity contribution < 1.29 is 4.74 Å². The lowest BCUT2D eigenvalue weighted by Gasteiger charge is -2.30. The van der Waals surface area contributed by atoms with Crippen molar-refractivity contribution in [3.05, 3.63) is 23.8 Å².